The zero-order chi connectivity index (χ0) is 15.1. The lowest BCUT2D eigenvalue weighted by Gasteiger charge is -1.99. The lowest BCUT2D eigenvalue weighted by Crippen LogP contribution is -1.84. The Morgan fingerprint density at radius 1 is 1.14 bits per heavy atom. The Morgan fingerprint density at radius 3 is 2.82 bits per heavy atom. The Balaban J connectivity index is 1.91. The number of aryl methyl sites for hydroxylation is 1. The molecule has 0 bridgehead atoms. The highest BCUT2D eigenvalue weighted by Gasteiger charge is 2.13. The molecule has 0 saturated heterocycles. The second kappa shape index (κ2) is 4.73. The van der Waals surface area contributed by atoms with Gasteiger partial charge >= 0.3 is 0 Å². The van der Waals surface area contributed by atoms with E-state index in [9.17, 15) is 0 Å². The smallest absolute Gasteiger partial charge is 0.161 e. The van der Waals surface area contributed by atoms with Crippen LogP contribution in [0, 0.1) is 0 Å². The predicted molar refractivity (Wildman–Crippen MR) is 86.1 cm³/mol. The van der Waals surface area contributed by atoms with Crippen molar-refractivity contribution in [1.82, 2.24) is 14.8 Å². The molecule has 0 saturated carbocycles. The maximum atomic E-state index is 6.05. The molecule has 4 aromatic rings. The van der Waals surface area contributed by atoms with Crippen LogP contribution in [0.1, 0.15) is 0 Å². The second-order valence-corrected chi connectivity index (χ2v) is 5.21. The third-order valence-electron chi connectivity index (χ3n) is 3.60. The first kappa shape index (κ1) is 12.6. The third kappa shape index (κ3) is 2.03. The molecule has 0 radical (unpaired) electrons. The highest BCUT2D eigenvalue weighted by atomic mass is 16.3. The molecule has 0 fully saturated rings. The molecule has 0 aliphatic rings. The molecule has 108 valence electrons. The normalized spacial score (nSPS) is 11.1. The summed E-state index contributed by atoms with van der Waals surface area (Å²) in [6.07, 6.45) is 5.55. The molecule has 3 heterocycles. The number of aromatic nitrogens is 3. The zero-order valence-corrected chi connectivity index (χ0v) is 12.0. The van der Waals surface area contributed by atoms with E-state index in [1.54, 1.807) is 10.9 Å². The van der Waals surface area contributed by atoms with E-state index >= 15 is 0 Å². The number of nitrogen functional groups attached to an aromatic ring is 1. The Labute approximate surface area is 127 Å². The molecule has 0 aliphatic carbocycles. The molecule has 0 aliphatic heterocycles. The quantitative estimate of drug-likeness (QED) is 0.574. The number of nitrogens with zero attached hydrogens (tertiary/aromatic N) is 3. The van der Waals surface area contributed by atoms with Crippen LogP contribution >= 0.6 is 0 Å². The average Bonchev–Trinajstić information content (AvgIpc) is 3.13. The minimum atomic E-state index is 0.707. The molecular formula is C17H14N4O. The van der Waals surface area contributed by atoms with Gasteiger partial charge in [0.05, 0.1) is 6.20 Å². The summed E-state index contributed by atoms with van der Waals surface area (Å²) in [4.78, 5) is 4.39. The van der Waals surface area contributed by atoms with E-state index in [2.05, 4.69) is 10.1 Å². The molecule has 0 atom stereocenters. The summed E-state index contributed by atoms with van der Waals surface area (Å²) in [5, 5.41) is 4.21. The maximum absolute atomic E-state index is 6.05. The first-order valence-electron chi connectivity index (χ1n) is 6.94. The van der Waals surface area contributed by atoms with Gasteiger partial charge in [-0.2, -0.15) is 5.10 Å². The number of hydrogen-bond acceptors (Lipinski definition) is 4. The molecule has 0 amide bonds. The lowest BCUT2D eigenvalue weighted by atomic mass is 10.1. The van der Waals surface area contributed by atoms with Crippen molar-refractivity contribution in [1.29, 1.82) is 0 Å². The van der Waals surface area contributed by atoms with Gasteiger partial charge in [0.1, 0.15) is 11.3 Å². The van der Waals surface area contributed by atoms with Gasteiger partial charge in [0, 0.05) is 47.9 Å². The molecule has 0 unspecified atom stereocenters. The summed E-state index contributed by atoms with van der Waals surface area (Å²) < 4.78 is 7.82. The van der Waals surface area contributed by atoms with E-state index in [1.165, 1.54) is 0 Å². The fraction of sp³-hybridized carbons (Fsp3) is 0.0588. The first-order valence-corrected chi connectivity index (χ1v) is 6.94. The van der Waals surface area contributed by atoms with Gasteiger partial charge in [-0.1, -0.05) is 12.1 Å². The van der Waals surface area contributed by atoms with Gasteiger partial charge in [0.2, 0.25) is 0 Å². The molecule has 4 rings (SSSR count). The van der Waals surface area contributed by atoms with Crippen LogP contribution in [-0.2, 0) is 7.05 Å². The predicted octanol–water partition coefficient (Wildman–Crippen LogP) is 3.48. The van der Waals surface area contributed by atoms with Crippen molar-refractivity contribution in [2.75, 3.05) is 5.73 Å². The Morgan fingerprint density at radius 2 is 2.05 bits per heavy atom. The minimum absolute atomic E-state index is 0.707. The SMILES string of the molecule is Cn1cc(-c2ccnc3cc(-c4cccc(N)c4)oc23)cn1. The Bertz CT molecular complexity index is 968. The van der Waals surface area contributed by atoms with Crippen molar-refractivity contribution in [2.24, 2.45) is 7.05 Å². The van der Waals surface area contributed by atoms with Gasteiger partial charge < -0.3 is 10.2 Å². The standard InChI is InChI=1S/C17H14N4O/c1-21-10-12(9-20-21)14-5-6-19-15-8-16(22-17(14)15)11-3-2-4-13(18)7-11/h2-10H,18H2,1H3. The van der Waals surface area contributed by atoms with Gasteiger partial charge in [0.25, 0.3) is 0 Å². The monoisotopic (exact) mass is 290 g/mol. The summed E-state index contributed by atoms with van der Waals surface area (Å²) in [7, 11) is 1.89. The van der Waals surface area contributed by atoms with Crippen LogP contribution in [0.4, 0.5) is 5.69 Å². The summed E-state index contributed by atoms with van der Waals surface area (Å²) in [6.45, 7) is 0. The fourth-order valence-corrected chi connectivity index (χ4v) is 2.56. The molecule has 5 nitrogen and oxygen atoms in total. The van der Waals surface area contributed by atoms with E-state index in [0.29, 0.717) is 5.69 Å². The van der Waals surface area contributed by atoms with E-state index in [1.807, 2.05) is 55.8 Å². The topological polar surface area (TPSA) is 69.9 Å². The first-order chi connectivity index (χ1) is 10.7. The van der Waals surface area contributed by atoms with E-state index in [-0.39, 0.29) is 0 Å². The third-order valence-corrected chi connectivity index (χ3v) is 3.60. The van der Waals surface area contributed by atoms with Crippen molar-refractivity contribution in [3.63, 3.8) is 0 Å². The van der Waals surface area contributed by atoms with Gasteiger partial charge in [0.15, 0.2) is 5.58 Å². The van der Waals surface area contributed by atoms with Crippen LogP contribution in [0.2, 0.25) is 0 Å². The minimum Gasteiger partial charge on any atom is -0.454 e. The molecule has 2 N–H and O–H groups in total. The van der Waals surface area contributed by atoms with Crippen LogP contribution in [0.3, 0.4) is 0 Å². The summed E-state index contributed by atoms with van der Waals surface area (Å²) in [6, 6.07) is 11.5. The van der Waals surface area contributed by atoms with Gasteiger partial charge in [-0.15, -0.1) is 0 Å². The Kier molecular flexibility index (Phi) is 2.72. The molecule has 3 aromatic heterocycles. The number of pyridine rings is 1. The highest BCUT2D eigenvalue weighted by molar-refractivity contribution is 5.92. The number of benzene rings is 1. The van der Waals surface area contributed by atoms with Gasteiger partial charge in [-0.3, -0.25) is 9.67 Å². The van der Waals surface area contributed by atoms with Gasteiger partial charge in [-0.05, 0) is 18.2 Å². The number of rotatable bonds is 2. The summed E-state index contributed by atoms with van der Waals surface area (Å²) in [5.41, 5.74) is 11.1. The number of nitrogens with two attached hydrogens (primary N) is 1. The molecular weight excluding hydrogens is 276 g/mol. The zero-order valence-electron chi connectivity index (χ0n) is 12.0. The van der Waals surface area contributed by atoms with E-state index in [0.717, 1.165) is 33.6 Å². The van der Waals surface area contributed by atoms with Crippen LogP contribution < -0.4 is 5.73 Å². The van der Waals surface area contributed by atoms with Crippen LogP contribution in [0.25, 0.3) is 33.6 Å². The van der Waals surface area contributed by atoms with Crippen LogP contribution in [-0.4, -0.2) is 14.8 Å². The average molecular weight is 290 g/mol. The van der Waals surface area contributed by atoms with Crippen molar-refractivity contribution >= 4 is 16.8 Å². The second-order valence-electron chi connectivity index (χ2n) is 5.21. The van der Waals surface area contributed by atoms with Crippen LogP contribution in [0.15, 0.2) is 59.4 Å². The number of anilines is 1. The molecule has 1 aromatic carbocycles. The van der Waals surface area contributed by atoms with Gasteiger partial charge in [-0.25, -0.2) is 0 Å². The van der Waals surface area contributed by atoms with Crippen molar-refractivity contribution in [3.8, 4) is 22.5 Å². The van der Waals surface area contributed by atoms with Crippen molar-refractivity contribution in [3.05, 3.63) is 55.0 Å². The molecule has 22 heavy (non-hydrogen) atoms. The number of hydrogen-bond donors (Lipinski definition) is 1. The highest BCUT2D eigenvalue weighted by Crippen LogP contribution is 2.33. The summed E-state index contributed by atoms with van der Waals surface area (Å²) >= 11 is 0. The van der Waals surface area contributed by atoms with Crippen LogP contribution in [0.5, 0.6) is 0 Å². The van der Waals surface area contributed by atoms with Crippen molar-refractivity contribution in [2.45, 2.75) is 0 Å². The van der Waals surface area contributed by atoms with Crippen molar-refractivity contribution < 1.29 is 4.42 Å². The Hall–Kier alpha value is -3.08. The van der Waals surface area contributed by atoms with E-state index in [4.69, 9.17) is 10.2 Å². The molecule has 0 spiro atoms. The van der Waals surface area contributed by atoms with E-state index < -0.39 is 0 Å². The largest absolute Gasteiger partial charge is 0.454 e. The summed E-state index contributed by atoms with van der Waals surface area (Å²) in [5.74, 6) is 0.756. The number of furan rings is 1. The lowest BCUT2D eigenvalue weighted by molar-refractivity contribution is 0.632. The number of fused-ring (bicyclic) bond motifs is 1. The fourth-order valence-electron chi connectivity index (χ4n) is 2.56. The maximum Gasteiger partial charge on any atom is 0.161 e. The molecule has 5 heteroatoms.